The molecule has 0 saturated heterocycles. The Labute approximate surface area is 157 Å². The van der Waals surface area contributed by atoms with Crippen molar-refractivity contribution in [2.24, 2.45) is 0 Å². The molecule has 0 saturated carbocycles. The summed E-state index contributed by atoms with van der Waals surface area (Å²) in [6.45, 7) is 8.28. The van der Waals surface area contributed by atoms with Crippen molar-refractivity contribution in [3.05, 3.63) is 45.9 Å². The highest BCUT2D eigenvalue weighted by atomic mass is 35.5. The smallest absolute Gasteiger partial charge is 0.178 e. The number of fused-ring (bicyclic) bond motifs is 1. The zero-order chi connectivity index (χ0) is 19.3. The molecular formula is C18H22ClN7. The Kier molecular flexibility index (Phi) is 6.36. The zero-order valence-corrected chi connectivity index (χ0v) is 16.1. The first kappa shape index (κ1) is 19.5. The Bertz CT molecular complexity index is 956. The second kappa shape index (κ2) is 8.50. The van der Waals surface area contributed by atoms with Crippen LogP contribution in [0.5, 0.6) is 0 Å². The summed E-state index contributed by atoms with van der Waals surface area (Å²) >= 11 is 6.21. The first-order valence-corrected chi connectivity index (χ1v) is 8.80. The summed E-state index contributed by atoms with van der Waals surface area (Å²) in [6.07, 6.45) is 0.700. The van der Waals surface area contributed by atoms with Crippen LogP contribution in [0.3, 0.4) is 0 Å². The van der Waals surface area contributed by atoms with E-state index >= 15 is 0 Å². The van der Waals surface area contributed by atoms with Gasteiger partial charge >= 0.3 is 0 Å². The number of hydrogen-bond donors (Lipinski definition) is 2. The van der Waals surface area contributed by atoms with Gasteiger partial charge in [-0.3, -0.25) is 4.98 Å². The van der Waals surface area contributed by atoms with Crippen molar-refractivity contribution in [1.29, 1.82) is 5.26 Å². The number of halogens is 1. The molecular weight excluding hydrogens is 350 g/mol. The third kappa shape index (κ3) is 3.86. The Morgan fingerprint density at radius 3 is 2.65 bits per heavy atom. The van der Waals surface area contributed by atoms with Crippen LogP contribution in [0.15, 0.2) is 18.2 Å². The molecule has 0 spiro atoms. The van der Waals surface area contributed by atoms with Crippen molar-refractivity contribution < 1.29 is 0 Å². The summed E-state index contributed by atoms with van der Waals surface area (Å²) in [5, 5.41) is 17.2. The molecule has 0 aromatic carbocycles. The lowest BCUT2D eigenvalue weighted by molar-refractivity contribution is 0.912. The molecule has 26 heavy (non-hydrogen) atoms. The molecule has 0 fully saturated rings. The van der Waals surface area contributed by atoms with Crippen molar-refractivity contribution in [1.82, 2.24) is 19.6 Å². The SMILES string of the molecule is CC.Cc1cccc(CCNc2nc3c(Cl)c(C)nn3c(N)c2C#N)n1. The Hall–Kier alpha value is -2.85. The van der Waals surface area contributed by atoms with E-state index in [1.54, 1.807) is 6.92 Å². The first-order valence-electron chi connectivity index (χ1n) is 8.42. The lowest BCUT2D eigenvalue weighted by Crippen LogP contribution is -2.12. The maximum Gasteiger partial charge on any atom is 0.178 e. The number of aryl methyl sites for hydroxylation is 2. The normalized spacial score (nSPS) is 10.2. The average molecular weight is 372 g/mol. The minimum Gasteiger partial charge on any atom is -0.382 e. The van der Waals surface area contributed by atoms with E-state index in [4.69, 9.17) is 17.3 Å². The van der Waals surface area contributed by atoms with Gasteiger partial charge in [-0.15, -0.1) is 0 Å². The van der Waals surface area contributed by atoms with E-state index in [-0.39, 0.29) is 11.4 Å². The number of pyridine rings is 1. The van der Waals surface area contributed by atoms with Crippen LogP contribution in [-0.2, 0) is 6.42 Å². The fourth-order valence-electron chi connectivity index (χ4n) is 2.44. The molecule has 0 bridgehead atoms. The van der Waals surface area contributed by atoms with Gasteiger partial charge in [0.2, 0.25) is 0 Å². The van der Waals surface area contributed by atoms with E-state index in [1.807, 2.05) is 39.0 Å². The highest BCUT2D eigenvalue weighted by molar-refractivity contribution is 6.34. The van der Waals surface area contributed by atoms with Crippen molar-refractivity contribution in [3.63, 3.8) is 0 Å². The van der Waals surface area contributed by atoms with Gasteiger partial charge in [-0.1, -0.05) is 31.5 Å². The van der Waals surface area contributed by atoms with E-state index < -0.39 is 0 Å². The number of nitriles is 1. The van der Waals surface area contributed by atoms with Gasteiger partial charge in [0, 0.05) is 24.4 Å². The number of nitrogens with one attached hydrogen (secondary N) is 1. The lowest BCUT2D eigenvalue weighted by atomic mass is 10.2. The lowest BCUT2D eigenvalue weighted by Gasteiger charge is -2.10. The summed E-state index contributed by atoms with van der Waals surface area (Å²) in [5.41, 5.74) is 9.27. The minimum atomic E-state index is 0.216. The quantitative estimate of drug-likeness (QED) is 0.726. The number of aromatic nitrogens is 4. The average Bonchev–Trinajstić information content (AvgIpc) is 2.92. The first-order chi connectivity index (χ1) is 12.5. The summed E-state index contributed by atoms with van der Waals surface area (Å²) in [7, 11) is 0. The summed E-state index contributed by atoms with van der Waals surface area (Å²) < 4.78 is 1.39. The topological polar surface area (TPSA) is 105 Å². The van der Waals surface area contributed by atoms with E-state index in [1.165, 1.54) is 4.52 Å². The molecule has 0 unspecified atom stereocenters. The monoisotopic (exact) mass is 371 g/mol. The van der Waals surface area contributed by atoms with Gasteiger partial charge in [0.25, 0.3) is 0 Å². The summed E-state index contributed by atoms with van der Waals surface area (Å²) in [4.78, 5) is 8.86. The molecule has 8 heteroatoms. The van der Waals surface area contributed by atoms with Gasteiger partial charge < -0.3 is 11.1 Å². The molecule has 0 aliphatic carbocycles. The molecule has 0 atom stereocenters. The van der Waals surface area contributed by atoms with Gasteiger partial charge in [0.15, 0.2) is 5.65 Å². The van der Waals surface area contributed by atoms with Gasteiger partial charge in [-0.2, -0.15) is 14.9 Å². The number of nitrogens with two attached hydrogens (primary N) is 1. The summed E-state index contributed by atoms with van der Waals surface area (Å²) in [5.74, 6) is 0.616. The fourth-order valence-corrected chi connectivity index (χ4v) is 2.60. The van der Waals surface area contributed by atoms with Gasteiger partial charge in [0.1, 0.15) is 28.3 Å². The number of anilines is 2. The van der Waals surface area contributed by atoms with Crippen LogP contribution < -0.4 is 11.1 Å². The Morgan fingerprint density at radius 2 is 2.00 bits per heavy atom. The number of nitrogen functional groups attached to an aromatic ring is 1. The van der Waals surface area contributed by atoms with E-state index in [0.717, 1.165) is 11.4 Å². The van der Waals surface area contributed by atoms with Crippen LogP contribution in [0.1, 0.15) is 36.5 Å². The van der Waals surface area contributed by atoms with Crippen LogP contribution in [0.25, 0.3) is 5.65 Å². The van der Waals surface area contributed by atoms with Crippen LogP contribution in [0.2, 0.25) is 5.02 Å². The predicted octanol–water partition coefficient (Wildman–Crippen LogP) is 3.53. The molecule has 3 rings (SSSR count). The van der Waals surface area contributed by atoms with Crippen molar-refractivity contribution in [2.75, 3.05) is 17.6 Å². The van der Waals surface area contributed by atoms with E-state index in [2.05, 4.69) is 26.5 Å². The number of nitrogens with zero attached hydrogens (tertiary/aromatic N) is 5. The Morgan fingerprint density at radius 1 is 1.27 bits per heavy atom. The second-order valence-electron chi connectivity index (χ2n) is 5.41. The summed E-state index contributed by atoms with van der Waals surface area (Å²) in [6, 6.07) is 7.95. The van der Waals surface area contributed by atoms with Crippen LogP contribution >= 0.6 is 11.6 Å². The highest BCUT2D eigenvalue weighted by Crippen LogP contribution is 2.27. The minimum absolute atomic E-state index is 0.216. The Balaban J connectivity index is 0.00000117. The van der Waals surface area contributed by atoms with E-state index in [0.29, 0.717) is 35.1 Å². The largest absolute Gasteiger partial charge is 0.382 e. The van der Waals surface area contributed by atoms with Crippen LogP contribution in [0, 0.1) is 25.2 Å². The third-order valence-corrected chi connectivity index (χ3v) is 4.08. The molecule has 0 aliphatic heterocycles. The second-order valence-corrected chi connectivity index (χ2v) is 5.79. The molecule has 0 amide bonds. The van der Waals surface area contributed by atoms with Crippen LogP contribution in [-0.4, -0.2) is 26.1 Å². The third-order valence-electron chi connectivity index (χ3n) is 3.63. The van der Waals surface area contributed by atoms with Gasteiger partial charge in [0.05, 0.1) is 5.69 Å². The predicted molar refractivity (Wildman–Crippen MR) is 104 cm³/mol. The fraction of sp³-hybridized carbons (Fsp3) is 0.333. The molecule has 3 aromatic heterocycles. The zero-order valence-electron chi connectivity index (χ0n) is 15.3. The van der Waals surface area contributed by atoms with Gasteiger partial charge in [-0.05, 0) is 26.0 Å². The molecule has 7 nitrogen and oxygen atoms in total. The molecule has 3 aromatic rings. The molecule has 136 valence electrons. The molecule has 0 radical (unpaired) electrons. The molecule has 0 aliphatic rings. The highest BCUT2D eigenvalue weighted by Gasteiger charge is 2.17. The standard InChI is InChI=1S/C16H16ClN7.C2H6/c1-9-4-3-5-11(21-9)6-7-20-15-12(8-18)14(19)24-16(22-15)13(17)10(2)23-24;1-2/h3-5H,6-7,19H2,1-2H3,(H,20,22);1-2H3. The van der Waals surface area contributed by atoms with Crippen molar-refractivity contribution in [3.8, 4) is 6.07 Å². The maximum absolute atomic E-state index is 9.39. The van der Waals surface area contributed by atoms with Crippen molar-refractivity contribution in [2.45, 2.75) is 34.1 Å². The van der Waals surface area contributed by atoms with Gasteiger partial charge in [-0.25, -0.2) is 4.98 Å². The molecule has 3 heterocycles. The number of rotatable bonds is 4. The number of hydrogen-bond acceptors (Lipinski definition) is 6. The molecule has 3 N–H and O–H groups in total. The maximum atomic E-state index is 9.39. The van der Waals surface area contributed by atoms with E-state index in [9.17, 15) is 5.26 Å². The van der Waals surface area contributed by atoms with Crippen molar-refractivity contribution >= 4 is 28.9 Å². The van der Waals surface area contributed by atoms with Crippen LogP contribution in [0.4, 0.5) is 11.6 Å².